The van der Waals surface area contributed by atoms with Gasteiger partial charge in [0.15, 0.2) is 0 Å². The predicted molar refractivity (Wildman–Crippen MR) is 53.8 cm³/mol. The van der Waals surface area contributed by atoms with Gasteiger partial charge < -0.3 is 9.64 Å². The number of hydrogen-bond donors (Lipinski definition) is 0. The third-order valence-corrected chi connectivity index (χ3v) is 3.63. The Kier molecular flexibility index (Phi) is 2.89. The molecular weight excluding hydrogens is 162 g/mol. The van der Waals surface area contributed by atoms with Gasteiger partial charge in [0, 0.05) is 18.5 Å². The molecule has 13 heavy (non-hydrogen) atoms. The topological polar surface area (TPSA) is 12.5 Å². The molecule has 2 aliphatic rings. The van der Waals surface area contributed by atoms with Crippen LogP contribution in [0.1, 0.15) is 32.6 Å². The molecule has 2 fully saturated rings. The van der Waals surface area contributed by atoms with Gasteiger partial charge in [0.2, 0.25) is 0 Å². The Labute approximate surface area is 81.3 Å². The predicted octanol–water partition coefficient (Wildman–Crippen LogP) is 1.90. The van der Waals surface area contributed by atoms with E-state index in [1.807, 2.05) is 0 Å². The summed E-state index contributed by atoms with van der Waals surface area (Å²) in [6.07, 6.45) is 5.62. The van der Waals surface area contributed by atoms with Crippen molar-refractivity contribution in [1.29, 1.82) is 0 Å². The molecule has 0 aromatic carbocycles. The molecular formula is C11H21NO. The first kappa shape index (κ1) is 9.47. The van der Waals surface area contributed by atoms with Crippen LogP contribution in [-0.4, -0.2) is 37.7 Å². The smallest absolute Gasteiger partial charge is 0.0593 e. The zero-order valence-electron chi connectivity index (χ0n) is 8.72. The fraction of sp³-hybridized carbons (Fsp3) is 1.00. The number of ether oxygens (including phenoxy) is 1. The van der Waals surface area contributed by atoms with Crippen molar-refractivity contribution >= 4 is 0 Å². The largest absolute Gasteiger partial charge is 0.379 e. The van der Waals surface area contributed by atoms with E-state index in [-0.39, 0.29) is 0 Å². The van der Waals surface area contributed by atoms with Crippen molar-refractivity contribution in [3.05, 3.63) is 0 Å². The zero-order valence-corrected chi connectivity index (χ0v) is 8.72. The summed E-state index contributed by atoms with van der Waals surface area (Å²) in [6.45, 7) is 7.82. The lowest BCUT2D eigenvalue weighted by Crippen LogP contribution is -2.36. The van der Waals surface area contributed by atoms with Gasteiger partial charge in [-0.05, 0) is 19.4 Å². The normalized spacial score (nSPS) is 29.3. The fourth-order valence-corrected chi connectivity index (χ4v) is 2.78. The van der Waals surface area contributed by atoms with E-state index in [0.29, 0.717) is 5.41 Å². The first-order chi connectivity index (χ1) is 6.35. The Morgan fingerprint density at radius 2 is 2.08 bits per heavy atom. The summed E-state index contributed by atoms with van der Waals surface area (Å²) in [6, 6.07) is 0. The molecule has 2 heteroatoms. The third kappa shape index (κ3) is 2.05. The van der Waals surface area contributed by atoms with Crippen LogP contribution in [0, 0.1) is 5.41 Å². The van der Waals surface area contributed by atoms with Gasteiger partial charge in [-0.15, -0.1) is 0 Å². The molecule has 0 radical (unpaired) electrons. The minimum Gasteiger partial charge on any atom is -0.379 e. The quantitative estimate of drug-likeness (QED) is 0.615. The molecule has 2 nitrogen and oxygen atoms in total. The van der Waals surface area contributed by atoms with Crippen LogP contribution >= 0.6 is 0 Å². The van der Waals surface area contributed by atoms with Crippen molar-refractivity contribution in [3.8, 4) is 0 Å². The van der Waals surface area contributed by atoms with Crippen molar-refractivity contribution in [3.63, 3.8) is 0 Å². The van der Waals surface area contributed by atoms with E-state index in [0.717, 1.165) is 19.8 Å². The van der Waals surface area contributed by atoms with Crippen molar-refractivity contribution in [2.45, 2.75) is 32.6 Å². The van der Waals surface area contributed by atoms with E-state index in [1.54, 1.807) is 0 Å². The molecule has 1 saturated carbocycles. The average Bonchev–Trinajstić information content (AvgIpc) is 2.48. The van der Waals surface area contributed by atoms with Crippen LogP contribution in [0.3, 0.4) is 0 Å². The second kappa shape index (κ2) is 3.97. The van der Waals surface area contributed by atoms with Crippen LogP contribution in [0.5, 0.6) is 0 Å². The summed E-state index contributed by atoms with van der Waals surface area (Å²) in [7, 11) is 0. The van der Waals surface area contributed by atoms with Crippen molar-refractivity contribution in [2.75, 3.05) is 32.8 Å². The van der Waals surface area contributed by atoms with Crippen LogP contribution in [0.4, 0.5) is 0 Å². The second-order valence-corrected chi connectivity index (χ2v) is 4.63. The lowest BCUT2D eigenvalue weighted by molar-refractivity contribution is 0.0712. The third-order valence-electron chi connectivity index (χ3n) is 3.63. The lowest BCUT2D eigenvalue weighted by atomic mass is 9.87. The van der Waals surface area contributed by atoms with Gasteiger partial charge in [-0.3, -0.25) is 0 Å². The maximum absolute atomic E-state index is 5.72. The van der Waals surface area contributed by atoms with E-state index in [2.05, 4.69) is 11.8 Å². The Balaban J connectivity index is 2.00. The molecule has 0 N–H and O–H groups in total. The number of rotatable bonds is 1. The molecule has 0 atom stereocenters. The lowest BCUT2D eigenvalue weighted by Gasteiger charge is -2.30. The number of nitrogens with zero attached hydrogens (tertiary/aromatic N) is 1. The molecule has 0 bridgehead atoms. The summed E-state index contributed by atoms with van der Waals surface area (Å²) in [5.74, 6) is 0. The van der Waals surface area contributed by atoms with Crippen molar-refractivity contribution in [2.24, 2.45) is 5.41 Å². The molecule has 1 saturated heterocycles. The maximum atomic E-state index is 5.72. The Hall–Kier alpha value is -0.0800. The maximum Gasteiger partial charge on any atom is 0.0593 e. The Bertz CT molecular complexity index is 163. The monoisotopic (exact) mass is 183 g/mol. The molecule has 1 heterocycles. The van der Waals surface area contributed by atoms with Crippen LogP contribution in [0.2, 0.25) is 0 Å². The molecule has 1 aliphatic heterocycles. The van der Waals surface area contributed by atoms with Crippen LogP contribution in [0.25, 0.3) is 0 Å². The van der Waals surface area contributed by atoms with Crippen LogP contribution < -0.4 is 0 Å². The fourth-order valence-electron chi connectivity index (χ4n) is 2.78. The molecule has 0 unspecified atom stereocenters. The van der Waals surface area contributed by atoms with E-state index in [1.165, 1.54) is 38.8 Å². The Morgan fingerprint density at radius 1 is 1.31 bits per heavy atom. The van der Waals surface area contributed by atoms with Gasteiger partial charge in [-0.25, -0.2) is 0 Å². The van der Waals surface area contributed by atoms with Crippen molar-refractivity contribution in [1.82, 2.24) is 4.90 Å². The highest BCUT2D eigenvalue weighted by Crippen LogP contribution is 2.39. The number of hydrogen-bond acceptors (Lipinski definition) is 2. The van der Waals surface area contributed by atoms with Gasteiger partial charge in [0.1, 0.15) is 0 Å². The first-order valence-corrected chi connectivity index (χ1v) is 5.65. The van der Waals surface area contributed by atoms with Gasteiger partial charge in [0.25, 0.3) is 0 Å². The highest BCUT2D eigenvalue weighted by atomic mass is 16.5. The van der Waals surface area contributed by atoms with Gasteiger partial charge in [-0.1, -0.05) is 19.8 Å². The summed E-state index contributed by atoms with van der Waals surface area (Å²) in [5.41, 5.74) is 0.534. The van der Waals surface area contributed by atoms with Crippen molar-refractivity contribution < 1.29 is 4.74 Å². The van der Waals surface area contributed by atoms with Gasteiger partial charge >= 0.3 is 0 Å². The minimum absolute atomic E-state index is 0.534. The molecule has 0 amide bonds. The van der Waals surface area contributed by atoms with E-state index >= 15 is 0 Å². The van der Waals surface area contributed by atoms with Crippen LogP contribution in [-0.2, 0) is 4.74 Å². The van der Waals surface area contributed by atoms with Gasteiger partial charge in [-0.2, -0.15) is 0 Å². The molecule has 2 rings (SSSR count). The molecule has 76 valence electrons. The second-order valence-electron chi connectivity index (χ2n) is 4.63. The standard InChI is InChI=1S/C11H21NO/c1-2-12-7-8-13-10-11(9-12)5-3-4-6-11/h2-10H2,1H3. The zero-order chi connectivity index (χ0) is 9.15. The summed E-state index contributed by atoms with van der Waals surface area (Å²) in [5, 5.41) is 0. The summed E-state index contributed by atoms with van der Waals surface area (Å²) in [4.78, 5) is 2.55. The molecule has 1 spiro atoms. The first-order valence-electron chi connectivity index (χ1n) is 5.65. The van der Waals surface area contributed by atoms with Crippen LogP contribution in [0.15, 0.2) is 0 Å². The minimum atomic E-state index is 0.534. The molecule has 1 aliphatic carbocycles. The molecule has 0 aromatic heterocycles. The number of likely N-dealkylation sites (N-methyl/N-ethyl adjacent to an activating group) is 1. The van der Waals surface area contributed by atoms with E-state index in [4.69, 9.17) is 4.74 Å². The summed E-state index contributed by atoms with van der Waals surface area (Å²) < 4.78 is 5.72. The van der Waals surface area contributed by atoms with E-state index in [9.17, 15) is 0 Å². The molecule has 0 aromatic rings. The summed E-state index contributed by atoms with van der Waals surface area (Å²) >= 11 is 0. The Morgan fingerprint density at radius 3 is 2.77 bits per heavy atom. The van der Waals surface area contributed by atoms with Gasteiger partial charge in [0.05, 0.1) is 13.2 Å². The average molecular weight is 183 g/mol. The van der Waals surface area contributed by atoms with E-state index < -0.39 is 0 Å². The highest BCUT2D eigenvalue weighted by molar-refractivity contribution is 4.88. The SMILES string of the molecule is CCN1CCOCC2(CCCC2)C1. The highest BCUT2D eigenvalue weighted by Gasteiger charge is 2.36.